The lowest BCUT2D eigenvalue weighted by Gasteiger charge is -2.21. The van der Waals surface area contributed by atoms with Gasteiger partial charge in [-0.1, -0.05) is 17.7 Å². The fourth-order valence-electron chi connectivity index (χ4n) is 2.18. The molecule has 0 unspecified atom stereocenters. The van der Waals surface area contributed by atoms with Gasteiger partial charge in [0.1, 0.15) is 0 Å². The first-order chi connectivity index (χ1) is 10.1. The van der Waals surface area contributed by atoms with Crippen LogP contribution in [0, 0.1) is 12.8 Å². The maximum atomic E-state index is 11.9. The molecule has 6 nitrogen and oxygen atoms in total. The van der Waals surface area contributed by atoms with Crippen molar-refractivity contribution in [3.05, 3.63) is 29.8 Å². The zero-order valence-corrected chi connectivity index (χ0v) is 11.9. The number of carbonyl (C=O) groups is 3. The van der Waals surface area contributed by atoms with Gasteiger partial charge in [0.15, 0.2) is 0 Å². The highest BCUT2D eigenvalue weighted by atomic mass is 16.2. The number of hydrogen-bond acceptors (Lipinski definition) is 4. The Bertz CT molecular complexity index is 534. The summed E-state index contributed by atoms with van der Waals surface area (Å²) in [4.78, 5) is 35.3. The second-order valence-electron chi connectivity index (χ2n) is 5.16. The van der Waals surface area contributed by atoms with Crippen LogP contribution >= 0.6 is 0 Å². The number of aryl methyl sites for hydroxylation is 1. The molecule has 0 saturated carbocycles. The molecule has 0 spiro atoms. The summed E-state index contributed by atoms with van der Waals surface area (Å²) in [6, 6.07) is 7.06. The number of nitrogens with one attached hydrogen (secondary N) is 3. The number of amides is 3. The molecule has 112 valence electrons. The summed E-state index contributed by atoms with van der Waals surface area (Å²) < 4.78 is 0. The Kier molecular flexibility index (Phi) is 5.05. The minimum Gasteiger partial charge on any atom is -0.318 e. The van der Waals surface area contributed by atoms with Crippen LogP contribution in [0.25, 0.3) is 0 Å². The molecule has 1 fully saturated rings. The van der Waals surface area contributed by atoms with Gasteiger partial charge in [-0.25, -0.2) is 0 Å². The summed E-state index contributed by atoms with van der Waals surface area (Å²) in [5.41, 5.74) is 1.58. The Balaban J connectivity index is 1.85. The molecule has 0 atom stereocenters. The molecule has 0 aliphatic carbocycles. The number of anilines is 1. The van der Waals surface area contributed by atoms with Crippen molar-refractivity contribution in [2.75, 3.05) is 18.4 Å². The van der Waals surface area contributed by atoms with Gasteiger partial charge in [0.25, 0.3) is 0 Å². The lowest BCUT2D eigenvalue weighted by molar-refractivity contribution is -0.141. The van der Waals surface area contributed by atoms with Crippen LogP contribution in [0.2, 0.25) is 0 Å². The lowest BCUT2D eigenvalue weighted by Crippen LogP contribution is -2.44. The molecule has 21 heavy (non-hydrogen) atoms. The minimum absolute atomic E-state index is 0.206. The Morgan fingerprint density at radius 1 is 1.05 bits per heavy atom. The fraction of sp³-hybridized carbons (Fsp3) is 0.400. The molecule has 0 aromatic heterocycles. The normalized spacial score (nSPS) is 15.3. The largest absolute Gasteiger partial charge is 0.318 e. The number of rotatable bonds is 2. The minimum atomic E-state index is -0.917. The van der Waals surface area contributed by atoms with Crippen molar-refractivity contribution in [1.82, 2.24) is 10.6 Å². The average molecular weight is 289 g/mol. The van der Waals surface area contributed by atoms with E-state index in [1.54, 1.807) is 12.1 Å². The van der Waals surface area contributed by atoms with E-state index in [4.69, 9.17) is 0 Å². The van der Waals surface area contributed by atoms with Crippen LogP contribution in [-0.4, -0.2) is 30.8 Å². The second-order valence-corrected chi connectivity index (χ2v) is 5.16. The standard InChI is InChI=1S/C15H19N3O3/c1-10-2-4-12(5-3-10)17-14(20)15(21)18-13(19)11-6-8-16-9-7-11/h2-5,11,16H,6-9H2,1H3,(H,17,20)(H,18,19,21). The van der Waals surface area contributed by atoms with Crippen molar-refractivity contribution in [2.45, 2.75) is 19.8 Å². The smallest absolute Gasteiger partial charge is 0.316 e. The predicted octanol–water partition coefficient (Wildman–Crippen LogP) is 0.576. The topological polar surface area (TPSA) is 87.3 Å². The second kappa shape index (κ2) is 6.99. The van der Waals surface area contributed by atoms with E-state index in [0.717, 1.165) is 18.7 Å². The zero-order valence-electron chi connectivity index (χ0n) is 11.9. The van der Waals surface area contributed by atoms with Crippen LogP contribution in [-0.2, 0) is 14.4 Å². The first kappa shape index (κ1) is 15.2. The highest BCUT2D eigenvalue weighted by Gasteiger charge is 2.24. The molecule has 1 saturated heterocycles. The van der Waals surface area contributed by atoms with Crippen LogP contribution in [0.3, 0.4) is 0 Å². The van der Waals surface area contributed by atoms with E-state index in [2.05, 4.69) is 16.0 Å². The molecule has 3 amide bonds. The summed E-state index contributed by atoms with van der Waals surface area (Å²) in [5, 5.41) is 7.76. The number of carbonyl (C=O) groups excluding carboxylic acids is 3. The van der Waals surface area contributed by atoms with Crippen LogP contribution in [0.4, 0.5) is 5.69 Å². The third-order valence-electron chi connectivity index (χ3n) is 3.46. The third kappa shape index (κ3) is 4.39. The van der Waals surface area contributed by atoms with Crippen molar-refractivity contribution in [3.63, 3.8) is 0 Å². The quantitative estimate of drug-likeness (QED) is 0.695. The first-order valence-corrected chi connectivity index (χ1v) is 7.00. The van der Waals surface area contributed by atoms with E-state index in [1.807, 2.05) is 19.1 Å². The van der Waals surface area contributed by atoms with Gasteiger partial charge in [-0.05, 0) is 45.0 Å². The molecular formula is C15H19N3O3. The van der Waals surface area contributed by atoms with Gasteiger partial charge in [0.2, 0.25) is 5.91 Å². The maximum absolute atomic E-state index is 11.9. The molecule has 1 aromatic carbocycles. The zero-order chi connectivity index (χ0) is 15.2. The van der Waals surface area contributed by atoms with Crippen LogP contribution < -0.4 is 16.0 Å². The molecule has 0 radical (unpaired) electrons. The van der Waals surface area contributed by atoms with Gasteiger partial charge in [0.05, 0.1) is 0 Å². The highest BCUT2D eigenvalue weighted by Crippen LogP contribution is 2.11. The Hall–Kier alpha value is -2.21. The summed E-state index contributed by atoms with van der Waals surface area (Å²) in [7, 11) is 0. The van der Waals surface area contributed by atoms with Gasteiger partial charge in [-0.2, -0.15) is 0 Å². The number of benzene rings is 1. The predicted molar refractivity (Wildman–Crippen MR) is 78.6 cm³/mol. The molecule has 1 aromatic rings. The Morgan fingerprint density at radius 2 is 1.67 bits per heavy atom. The molecule has 6 heteroatoms. The van der Waals surface area contributed by atoms with Crippen molar-refractivity contribution in [3.8, 4) is 0 Å². The van der Waals surface area contributed by atoms with E-state index in [0.29, 0.717) is 18.5 Å². The number of imide groups is 1. The van der Waals surface area contributed by atoms with Gasteiger partial charge in [-0.3, -0.25) is 19.7 Å². The molecule has 3 N–H and O–H groups in total. The highest BCUT2D eigenvalue weighted by molar-refractivity contribution is 6.41. The first-order valence-electron chi connectivity index (χ1n) is 7.00. The molecule has 0 bridgehead atoms. The van der Waals surface area contributed by atoms with E-state index in [1.165, 1.54) is 0 Å². The van der Waals surface area contributed by atoms with Crippen LogP contribution in [0.5, 0.6) is 0 Å². The van der Waals surface area contributed by atoms with Gasteiger partial charge >= 0.3 is 11.8 Å². The van der Waals surface area contributed by atoms with Crippen LogP contribution in [0.15, 0.2) is 24.3 Å². The van der Waals surface area contributed by atoms with E-state index in [-0.39, 0.29) is 11.8 Å². The maximum Gasteiger partial charge on any atom is 0.316 e. The van der Waals surface area contributed by atoms with Crippen molar-refractivity contribution < 1.29 is 14.4 Å². The summed E-state index contributed by atoms with van der Waals surface area (Å²) in [6.45, 7) is 3.43. The van der Waals surface area contributed by atoms with E-state index in [9.17, 15) is 14.4 Å². The third-order valence-corrected chi connectivity index (χ3v) is 3.46. The van der Waals surface area contributed by atoms with Crippen molar-refractivity contribution in [2.24, 2.45) is 5.92 Å². The summed E-state index contributed by atoms with van der Waals surface area (Å²) >= 11 is 0. The van der Waals surface area contributed by atoms with Gasteiger partial charge in [0, 0.05) is 11.6 Å². The fourth-order valence-corrected chi connectivity index (χ4v) is 2.18. The monoisotopic (exact) mass is 289 g/mol. The molecule has 1 aliphatic heterocycles. The number of piperidine rings is 1. The summed E-state index contributed by atoms with van der Waals surface area (Å²) in [6.07, 6.45) is 1.36. The Labute approximate surface area is 123 Å². The molecule has 1 heterocycles. The van der Waals surface area contributed by atoms with Crippen LogP contribution in [0.1, 0.15) is 18.4 Å². The molecular weight excluding hydrogens is 270 g/mol. The van der Waals surface area contributed by atoms with E-state index >= 15 is 0 Å². The van der Waals surface area contributed by atoms with Crippen molar-refractivity contribution in [1.29, 1.82) is 0 Å². The summed E-state index contributed by atoms with van der Waals surface area (Å²) in [5.74, 6) is -2.33. The Morgan fingerprint density at radius 3 is 2.29 bits per heavy atom. The van der Waals surface area contributed by atoms with Crippen molar-refractivity contribution >= 4 is 23.4 Å². The van der Waals surface area contributed by atoms with E-state index < -0.39 is 11.8 Å². The molecule has 1 aliphatic rings. The molecule has 2 rings (SSSR count). The van der Waals surface area contributed by atoms with Gasteiger partial charge in [-0.15, -0.1) is 0 Å². The average Bonchev–Trinajstić information content (AvgIpc) is 2.50. The SMILES string of the molecule is Cc1ccc(NC(=O)C(=O)NC(=O)C2CCNCC2)cc1. The lowest BCUT2D eigenvalue weighted by atomic mass is 9.97. The van der Waals surface area contributed by atoms with Gasteiger partial charge < -0.3 is 10.6 Å². The number of hydrogen-bond donors (Lipinski definition) is 3.